The van der Waals surface area contributed by atoms with E-state index in [-0.39, 0.29) is 31.5 Å². The van der Waals surface area contributed by atoms with Gasteiger partial charge < -0.3 is 15.3 Å². The molecule has 0 heterocycles. The summed E-state index contributed by atoms with van der Waals surface area (Å²) in [5, 5.41) is 11.4. The molecule has 2 amide bonds. The Morgan fingerprint density at radius 1 is 1.00 bits per heavy atom. The smallest absolute Gasteiger partial charge is 0.251 e. The summed E-state index contributed by atoms with van der Waals surface area (Å²) in [4.78, 5) is 25.1. The molecule has 120 valence electrons. The van der Waals surface area contributed by atoms with Gasteiger partial charge in [0.15, 0.2) is 0 Å². The fourth-order valence-corrected chi connectivity index (χ4v) is 2.11. The van der Waals surface area contributed by atoms with Gasteiger partial charge in [-0.1, -0.05) is 42.5 Å². The minimum atomic E-state index is -0.296. The third-order valence-electron chi connectivity index (χ3n) is 3.52. The molecule has 0 aliphatic rings. The number of hydrogen-bond acceptors (Lipinski definition) is 3. The third-order valence-corrected chi connectivity index (χ3v) is 3.52. The molecule has 0 saturated carbocycles. The maximum Gasteiger partial charge on any atom is 0.251 e. The Hall–Kier alpha value is -2.66. The van der Waals surface area contributed by atoms with E-state index >= 15 is 0 Å². The van der Waals surface area contributed by atoms with Crippen LogP contribution in [-0.4, -0.2) is 48.6 Å². The van der Waals surface area contributed by atoms with Crippen LogP contribution in [0.4, 0.5) is 0 Å². The molecule has 0 atom stereocenters. The van der Waals surface area contributed by atoms with Crippen LogP contribution in [0, 0.1) is 0 Å². The first-order valence-electron chi connectivity index (χ1n) is 7.40. The summed E-state index contributed by atoms with van der Waals surface area (Å²) in [6, 6.07) is 17.1. The molecule has 0 radical (unpaired) electrons. The van der Waals surface area contributed by atoms with Crippen LogP contribution in [0.15, 0.2) is 54.6 Å². The van der Waals surface area contributed by atoms with Crippen molar-refractivity contribution in [3.05, 3.63) is 60.2 Å². The zero-order valence-corrected chi connectivity index (χ0v) is 13.0. The number of nitrogens with zero attached hydrogens (tertiary/aromatic N) is 1. The summed E-state index contributed by atoms with van der Waals surface area (Å²) in [7, 11) is 1.58. The van der Waals surface area contributed by atoms with E-state index in [0.29, 0.717) is 5.56 Å². The lowest BCUT2D eigenvalue weighted by Crippen LogP contribution is -2.39. The van der Waals surface area contributed by atoms with Gasteiger partial charge in [0.2, 0.25) is 5.91 Å². The number of carbonyl (C=O) groups excluding carboxylic acids is 2. The fourth-order valence-electron chi connectivity index (χ4n) is 2.11. The predicted octanol–water partition coefficient (Wildman–Crippen LogP) is 1.53. The van der Waals surface area contributed by atoms with E-state index in [4.69, 9.17) is 5.11 Å². The number of aliphatic hydroxyl groups is 1. The fraction of sp³-hybridized carbons (Fsp3) is 0.222. The molecule has 0 aliphatic heterocycles. The molecular formula is C18H20N2O3. The highest BCUT2D eigenvalue weighted by atomic mass is 16.3. The summed E-state index contributed by atoms with van der Waals surface area (Å²) in [6.07, 6.45) is 0. The predicted molar refractivity (Wildman–Crippen MR) is 88.9 cm³/mol. The largest absolute Gasteiger partial charge is 0.395 e. The molecule has 0 aromatic heterocycles. The molecule has 0 fully saturated rings. The van der Waals surface area contributed by atoms with Crippen LogP contribution >= 0.6 is 0 Å². The Labute approximate surface area is 135 Å². The van der Waals surface area contributed by atoms with Crippen molar-refractivity contribution in [1.82, 2.24) is 10.2 Å². The standard InChI is InChI=1S/C18H20N2O3/c1-20(11-12-21)17(22)13-19-18(23)16-9-7-15(8-10-16)14-5-3-2-4-6-14/h2-10,21H,11-13H2,1H3,(H,19,23). The summed E-state index contributed by atoms with van der Waals surface area (Å²) < 4.78 is 0. The maximum absolute atomic E-state index is 12.0. The summed E-state index contributed by atoms with van der Waals surface area (Å²) >= 11 is 0. The highest BCUT2D eigenvalue weighted by Gasteiger charge is 2.11. The summed E-state index contributed by atoms with van der Waals surface area (Å²) in [6.45, 7) is 0.0629. The monoisotopic (exact) mass is 312 g/mol. The zero-order chi connectivity index (χ0) is 16.7. The molecule has 0 spiro atoms. The van der Waals surface area contributed by atoms with E-state index in [1.807, 2.05) is 42.5 Å². The van der Waals surface area contributed by atoms with E-state index < -0.39 is 0 Å². The number of amides is 2. The van der Waals surface area contributed by atoms with E-state index in [9.17, 15) is 9.59 Å². The number of carbonyl (C=O) groups is 2. The van der Waals surface area contributed by atoms with Crippen molar-refractivity contribution < 1.29 is 14.7 Å². The molecule has 2 N–H and O–H groups in total. The molecule has 0 aliphatic carbocycles. The lowest BCUT2D eigenvalue weighted by atomic mass is 10.0. The van der Waals surface area contributed by atoms with Gasteiger partial charge in [-0.2, -0.15) is 0 Å². The van der Waals surface area contributed by atoms with E-state index in [0.717, 1.165) is 11.1 Å². The van der Waals surface area contributed by atoms with Crippen LogP contribution in [0.1, 0.15) is 10.4 Å². The molecule has 0 saturated heterocycles. The van der Waals surface area contributed by atoms with Gasteiger partial charge in [0.05, 0.1) is 13.2 Å². The maximum atomic E-state index is 12.0. The summed E-state index contributed by atoms with van der Waals surface area (Å²) in [5.41, 5.74) is 2.61. The van der Waals surface area contributed by atoms with Gasteiger partial charge >= 0.3 is 0 Å². The van der Waals surface area contributed by atoms with Crippen molar-refractivity contribution >= 4 is 11.8 Å². The van der Waals surface area contributed by atoms with Gasteiger partial charge in [-0.15, -0.1) is 0 Å². The van der Waals surface area contributed by atoms with E-state index in [1.165, 1.54) is 4.90 Å². The highest BCUT2D eigenvalue weighted by molar-refractivity contribution is 5.96. The first kappa shape index (κ1) is 16.7. The highest BCUT2D eigenvalue weighted by Crippen LogP contribution is 2.19. The Bertz CT molecular complexity index is 654. The molecule has 5 heteroatoms. The van der Waals surface area contributed by atoms with Crippen LogP contribution < -0.4 is 5.32 Å². The Balaban J connectivity index is 1.94. The number of benzene rings is 2. The van der Waals surface area contributed by atoms with Gasteiger partial charge in [-0.05, 0) is 23.3 Å². The van der Waals surface area contributed by atoms with Crippen molar-refractivity contribution in [1.29, 1.82) is 0 Å². The summed E-state index contributed by atoms with van der Waals surface area (Å²) in [5.74, 6) is -0.538. The Morgan fingerprint density at radius 3 is 2.22 bits per heavy atom. The second-order valence-corrected chi connectivity index (χ2v) is 5.16. The lowest BCUT2D eigenvalue weighted by Gasteiger charge is -2.15. The minimum Gasteiger partial charge on any atom is -0.395 e. The normalized spacial score (nSPS) is 10.2. The third kappa shape index (κ3) is 4.66. The number of nitrogens with one attached hydrogen (secondary N) is 1. The second-order valence-electron chi connectivity index (χ2n) is 5.16. The van der Waals surface area contributed by atoms with Crippen LogP contribution in [-0.2, 0) is 4.79 Å². The number of rotatable bonds is 6. The van der Waals surface area contributed by atoms with Gasteiger partial charge in [0.25, 0.3) is 5.91 Å². The molecule has 23 heavy (non-hydrogen) atoms. The Kier molecular flexibility index (Phi) is 5.88. The number of likely N-dealkylation sites (N-methyl/N-ethyl adjacent to an activating group) is 1. The Morgan fingerprint density at radius 2 is 1.61 bits per heavy atom. The van der Waals surface area contributed by atoms with E-state index in [2.05, 4.69) is 5.32 Å². The van der Waals surface area contributed by atoms with Gasteiger partial charge in [-0.25, -0.2) is 0 Å². The molecule has 0 bridgehead atoms. The molecule has 2 aromatic carbocycles. The first-order valence-corrected chi connectivity index (χ1v) is 7.40. The molecule has 0 unspecified atom stereocenters. The number of aliphatic hydroxyl groups excluding tert-OH is 1. The second kappa shape index (κ2) is 8.10. The van der Waals surface area contributed by atoms with Crippen molar-refractivity contribution in [2.45, 2.75) is 0 Å². The van der Waals surface area contributed by atoms with Crippen LogP contribution in [0.3, 0.4) is 0 Å². The molecule has 5 nitrogen and oxygen atoms in total. The molecule has 2 aromatic rings. The van der Waals surface area contributed by atoms with Crippen LogP contribution in [0.25, 0.3) is 11.1 Å². The van der Waals surface area contributed by atoms with Crippen LogP contribution in [0.5, 0.6) is 0 Å². The lowest BCUT2D eigenvalue weighted by molar-refractivity contribution is -0.129. The molecule has 2 rings (SSSR count). The minimum absolute atomic E-state index is 0.0875. The zero-order valence-electron chi connectivity index (χ0n) is 13.0. The van der Waals surface area contributed by atoms with E-state index in [1.54, 1.807) is 19.2 Å². The van der Waals surface area contributed by atoms with Crippen LogP contribution in [0.2, 0.25) is 0 Å². The van der Waals surface area contributed by atoms with Gasteiger partial charge in [-0.3, -0.25) is 9.59 Å². The van der Waals surface area contributed by atoms with Crippen molar-refractivity contribution in [3.63, 3.8) is 0 Å². The SMILES string of the molecule is CN(CCO)C(=O)CNC(=O)c1ccc(-c2ccccc2)cc1. The first-order chi connectivity index (χ1) is 11.1. The van der Waals surface area contributed by atoms with Crippen molar-refractivity contribution in [3.8, 4) is 11.1 Å². The average Bonchev–Trinajstić information content (AvgIpc) is 2.60. The van der Waals surface area contributed by atoms with Gasteiger partial charge in [0, 0.05) is 19.2 Å². The van der Waals surface area contributed by atoms with Crippen molar-refractivity contribution in [2.24, 2.45) is 0 Å². The average molecular weight is 312 g/mol. The van der Waals surface area contributed by atoms with Crippen molar-refractivity contribution in [2.75, 3.05) is 26.7 Å². The topological polar surface area (TPSA) is 69.6 Å². The number of hydrogen-bond donors (Lipinski definition) is 2. The molecular weight excluding hydrogens is 292 g/mol. The quantitative estimate of drug-likeness (QED) is 0.850. The van der Waals surface area contributed by atoms with Gasteiger partial charge in [0.1, 0.15) is 0 Å².